The molecule has 0 fully saturated rings. The summed E-state index contributed by atoms with van der Waals surface area (Å²) in [5, 5.41) is 3.38. The van der Waals surface area contributed by atoms with Crippen LogP contribution in [0.25, 0.3) is 0 Å². The summed E-state index contributed by atoms with van der Waals surface area (Å²) in [6.45, 7) is 5.64. The lowest BCUT2D eigenvalue weighted by Crippen LogP contribution is -2.30. The molecule has 0 aliphatic rings. The lowest BCUT2D eigenvalue weighted by atomic mass is 10.2. The number of hydrogen-bond acceptors (Lipinski definition) is 4. The average Bonchev–Trinajstić information content (AvgIpc) is 3.29. The predicted molar refractivity (Wildman–Crippen MR) is 134 cm³/mol. The van der Waals surface area contributed by atoms with E-state index in [0.29, 0.717) is 22.2 Å². The molecule has 33 heavy (non-hydrogen) atoms. The molecule has 0 saturated heterocycles. The molecule has 2 aromatic carbocycles. The van der Waals surface area contributed by atoms with Crippen molar-refractivity contribution in [2.24, 2.45) is 0 Å². The summed E-state index contributed by atoms with van der Waals surface area (Å²) >= 11 is 6.12. The maximum atomic E-state index is 12.6. The minimum atomic E-state index is -1.34. The van der Waals surface area contributed by atoms with Gasteiger partial charge in [0.1, 0.15) is 5.76 Å². The number of nitrogens with zero attached hydrogens (tertiary/aromatic N) is 1. The van der Waals surface area contributed by atoms with E-state index >= 15 is 0 Å². The fraction of sp³-hybridized carbons (Fsp3) is 0.346. The number of unbranched alkanes of at least 4 members (excludes halogenated alkanes) is 1. The molecule has 0 radical (unpaired) electrons. The Balaban J connectivity index is 1.45. The Labute approximate surface area is 203 Å². The van der Waals surface area contributed by atoms with Gasteiger partial charge in [0, 0.05) is 19.6 Å². The van der Waals surface area contributed by atoms with Crippen molar-refractivity contribution in [3.63, 3.8) is 0 Å². The molecule has 1 unspecified atom stereocenters. The molecular formula is C26H31ClN2O3S. The van der Waals surface area contributed by atoms with Crippen LogP contribution < -0.4 is 5.32 Å². The monoisotopic (exact) mass is 486 g/mol. The summed E-state index contributed by atoms with van der Waals surface area (Å²) in [4.78, 5) is 15.5. The number of hydrogen-bond donors (Lipinski definition) is 1. The first-order chi connectivity index (χ1) is 16.1. The Kier molecular flexibility index (Phi) is 10.2. The fourth-order valence-corrected chi connectivity index (χ4v) is 4.98. The van der Waals surface area contributed by atoms with E-state index < -0.39 is 10.8 Å². The van der Waals surface area contributed by atoms with Gasteiger partial charge in [-0.2, -0.15) is 0 Å². The van der Waals surface area contributed by atoms with Gasteiger partial charge >= 0.3 is 0 Å². The largest absolute Gasteiger partial charge is 0.455 e. The van der Waals surface area contributed by atoms with Gasteiger partial charge in [0.25, 0.3) is 5.91 Å². The summed E-state index contributed by atoms with van der Waals surface area (Å²) in [6.07, 6.45) is 3.17. The number of rotatable bonds is 13. The van der Waals surface area contributed by atoms with Crippen LogP contribution in [0.4, 0.5) is 0 Å². The minimum Gasteiger partial charge on any atom is -0.455 e. The highest BCUT2D eigenvalue weighted by atomic mass is 35.5. The quantitative estimate of drug-likeness (QED) is 0.316. The van der Waals surface area contributed by atoms with Gasteiger partial charge in [-0.15, -0.1) is 0 Å². The Bertz CT molecular complexity index is 1040. The van der Waals surface area contributed by atoms with Crippen molar-refractivity contribution in [1.82, 2.24) is 10.2 Å². The topological polar surface area (TPSA) is 62.6 Å². The van der Waals surface area contributed by atoms with Crippen molar-refractivity contribution >= 4 is 28.3 Å². The number of carbonyl (C=O) groups excluding carboxylic acids is 1. The van der Waals surface area contributed by atoms with E-state index in [1.165, 1.54) is 5.56 Å². The average molecular weight is 487 g/mol. The third-order valence-corrected chi connectivity index (χ3v) is 7.09. The first-order valence-corrected chi connectivity index (χ1v) is 13.0. The van der Waals surface area contributed by atoms with Crippen LogP contribution in [-0.2, 0) is 23.1 Å². The number of carbonyl (C=O) groups is 1. The summed E-state index contributed by atoms with van der Waals surface area (Å²) in [6, 6.07) is 20.8. The van der Waals surface area contributed by atoms with E-state index in [-0.39, 0.29) is 17.4 Å². The van der Waals surface area contributed by atoms with Crippen molar-refractivity contribution < 1.29 is 13.4 Å². The van der Waals surface area contributed by atoms with Crippen LogP contribution in [0.3, 0.4) is 0 Å². The van der Waals surface area contributed by atoms with Crippen LogP contribution in [0.15, 0.2) is 76.0 Å². The first-order valence-electron chi connectivity index (χ1n) is 11.3. The zero-order valence-corrected chi connectivity index (χ0v) is 20.5. The van der Waals surface area contributed by atoms with Gasteiger partial charge in [0.05, 0.1) is 26.5 Å². The number of amides is 1. The van der Waals surface area contributed by atoms with Crippen LogP contribution in [-0.4, -0.2) is 34.7 Å². The van der Waals surface area contributed by atoms with E-state index in [1.54, 1.807) is 36.4 Å². The molecule has 0 saturated carbocycles. The smallest absolute Gasteiger partial charge is 0.286 e. The van der Waals surface area contributed by atoms with Gasteiger partial charge in [-0.1, -0.05) is 67.4 Å². The lowest BCUT2D eigenvalue weighted by Gasteiger charge is -2.22. The molecule has 3 aromatic rings. The lowest BCUT2D eigenvalue weighted by molar-refractivity contribution is 0.0922. The number of nitrogens with one attached hydrogen (secondary N) is 1. The molecular weight excluding hydrogens is 456 g/mol. The second kappa shape index (κ2) is 13.3. The maximum Gasteiger partial charge on any atom is 0.286 e. The third kappa shape index (κ3) is 8.14. The predicted octanol–water partition coefficient (Wildman–Crippen LogP) is 5.66. The van der Waals surface area contributed by atoms with Gasteiger partial charge in [0.15, 0.2) is 5.76 Å². The summed E-state index contributed by atoms with van der Waals surface area (Å²) in [5.41, 5.74) is 1.30. The molecule has 1 heterocycles. The van der Waals surface area contributed by atoms with Gasteiger partial charge in [-0.3, -0.25) is 13.9 Å². The number of benzene rings is 2. The van der Waals surface area contributed by atoms with E-state index in [1.807, 2.05) is 6.07 Å². The van der Waals surface area contributed by atoms with Crippen LogP contribution in [0.1, 0.15) is 48.1 Å². The van der Waals surface area contributed by atoms with Crippen molar-refractivity contribution in [2.45, 2.75) is 43.4 Å². The molecule has 0 spiro atoms. The second-order valence-electron chi connectivity index (χ2n) is 7.91. The maximum absolute atomic E-state index is 12.6. The molecule has 7 heteroatoms. The molecule has 0 bridgehead atoms. The normalized spacial score (nSPS) is 12.1. The molecule has 5 nitrogen and oxygen atoms in total. The molecule has 0 aliphatic heterocycles. The molecule has 1 aromatic heterocycles. The SMILES string of the molecule is CCCCN(CCCNC(=O)c1ccc(CS(=O)c2ccccc2Cl)o1)Cc1ccccc1. The Hall–Kier alpha value is -2.41. The Morgan fingerprint density at radius 3 is 2.48 bits per heavy atom. The zero-order chi connectivity index (χ0) is 23.5. The van der Waals surface area contributed by atoms with E-state index in [4.69, 9.17) is 16.0 Å². The zero-order valence-electron chi connectivity index (χ0n) is 19.0. The Morgan fingerprint density at radius 2 is 1.73 bits per heavy atom. The highest BCUT2D eigenvalue weighted by Gasteiger charge is 2.15. The first kappa shape index (κ1) is 25.2. The van der Waals surface area contributed by atoms with Gasteiger partial charge in [0.2, 0.25) is 0 Å². The van der Waals surface area contributed by atoms with Crippen LogP contribution in [0, 0.1) is 0 Å². The molecule has 176 valence electrons. The molecule has 1 amide bonds. The van der Waals surface area contributed by atoms with Gasteiger partial charge in [-0.05, 0) is 49.2 Å². The summed E-state index contributed by atoms with van der Waals surface area (Å²) in [5.74, 6) is 0.635. The number of furan rings is 1. The highest BCUT2D eigenvalue weighted by Crippen LogP contribution is 2.22. The fourth-order valence-electron chi connectivity index (χ4n) is 3.50. The highest BCUT2D eigenvalue weighted by molar-refractivity contribution is 7.84. The third-order valence-electron chi connectivity index (χ3n) is 5.25. The van der Waals surface area contributed by atoms with E-state index in [9.17, 15) is 9.00 Å². The van der Waals surface area contributed by atoms with E-state index in [0.717, 1.165) is 38.9 Å². The minimum absolute atomic E-state index is 0.170. The van der Waals surface area contributed by atoms with Gasteiger partial charge < -0.3 is 9.73 Å². The van der Waals surface area contributed by atoms with Crippen molar-refractivity contribution in [3.8, 4) is 0 Å². The van der Waals surface area contributed by atoms with E-state index in [2.05, 4.69) is 41.4 Å². The Morgan fingerprint density at radius 1 is 1.00 bits per heavy atom. The molecule has 0 aliphatic carbocycles. The molecule has 1 N–H and O–H groups in total. The van der Waals surface area contributed by atoms with Gasteiger partial charge in [-0.25, -0.2) is 0 Å². The van der Waals surface area contributed by atoms with Crippen LogP contribution >= 0.6 is 11.6 Å². The van der Waals surface area contributed by atoms with Crippen LogP contribution in [0.5, 0.6) is 0 Å². The van der Waals surface area contributed by atoms with Crippen molar-refractivity contribution in [1.29, 1.82) is 0 Å². The molecule has 3 rings (SSSR count). The standard InChI is InChI=1S/C26H31ClN2O3S/c1-2-3-17-29(19-21-10-5-4-6-11-21)18-9-16-28-26(30)24-15-14-22(32-24)20-33(31)25-13-8-7-12-23(25)27/h4-8,10-15H,2-3,9,16-20H2,1H3,(H,28,30). The number of halogens is 1. The summed E-state index contributed by atoms with van der Waals surface area (Å²) < 4.78 is 18.2. The van der Waals surface area contributed by atoms with Crippen LogP contribution in [0.2, 0.25) is 5.02 Å². The summed E-state index contributed by atoms with van der Waals surface area (Å²) in [7, 11) is -1.34. The van der Waals surface area contributed by atoms with Crippen molar-refractivity contribution in [3.05, 3.63) is 88.8 Å². The van der Waals surface area contributed by atoms with Crippen molar-refractivity contribution in [2.75, 3.05) is 19.6 Å². The second-order valence-corrected chi connectivity index (χ2v) is 9.74. The molecule has 1 atom stereocenters.